The Hall–Kier alpha value is -2.86. The van der Waals surface area contributed by atoms with E-state index in [9.17, 15) is 14.4 Å². The highest BCUT2D eigenvalue weighted by atomic mass is 35.5. The van der Waals surface area contributed by atoms with E-state index in [-0.39, 0.29) is 31.3 Å². The average molecular weight is 376 g/mol. The number of carbonyl (C=O) groups excluding carboxylic acids is 3. The highest BCUT2D eigenvalue weighted by Crippen LogP contribution is 2.12. The molecule has 0 aliphatic carbocycles. The zero-order valence-corrected chi connectivity index (χ0v) is 14.9. The van der Waals surface area contributed by atoms with Gasteiger partial charge in [0.2, 0.25) is 0 Å². The highest BCUT2D eigenvalue weighted by Gasteiger charge is 2.11. The summed E-state index contributed by atoms with van der Waals surface area (Å²) in [5, 5.41) is 3.13. The van der Waals surface area contributed by atoms with E-state index in [4.69, 9.17) is 21.1 Å². The lowest BCUT2D eigenvalue weighted by Crippen LogP contribution is -2.27. The molecule has 0 heterocycles. The molecule has 2 rings (SSSR count). The number of esters is 1. The minimum atomic E-state index is -0.566. The predicted octanol–water partition coefficient (Wildman–Crippen LogP) is 2.89. The summed E-state index contributed by atoms with van der Waals surface area (Å²) in [6.07, 6.45) is -0.0325. The Labute approximate surface area is 156 Å². The first-order valence-corrected chi connectivity index (χ1v) is 8.24. The van der Waals surface area contributed by atoms with Crippen LogP contribution < -0.4 is 10.1 Å². The molecule has 0 bridgehead atoms. The van der Waals surface area contributed by atoms with Gasteiger partial charge in [-0.1, -0.05) is 11.6 Å². The van der Waals surface area contributed by atoms with Crippen LogP contribution in [0, 0.1) is 0 Å². The normalized spacial score (nSPS) is 10.1. The monoisotopic (exact) mass is 375 g/mol. The molecule has 0 aromatic heterocycles. The topological polar surface area (TPSA) is 81.7 Å². The van der Waals surface area contributed by atoms with E-state index < -0.39 is 5.97 Å². The molecule has 0 aliphatic rings. The number of ketones is 1. The lowest BCUT2D eigenvalue weighted by molar-refractivity contribution is -0.142. The summed E-state index contributed by atoms with van der Waals surface area (Å²) in [5.41, 5.74) is 0.868. The molecule has 0 saturated heterocycles. The second kappa shape index (κ2) is 9.58. The largest absolute Gasteiger partial charge is 0.497 e. The molecule has 0 spiro atoms. The van der Waals surface area contributed by atoms with Gasteiger partial charge in [0.1, 0.15) is 5.75 Å². The van der Waals surface area contributed by atoms with Crippen LogP contribution in [-0.4, -0.2) is 37.9 Å². The van der Waals surface area contributed by atoms with Crippen LogP contribution in [0.2, 0.25) is 5.02 Å². The molecule has 1 N–H and O–H groups in total. The smallest absolute Gasteiger partial charge is 0.308 e. The first-order valence-electron chi connectivity index (χ1n) is 7.86. The Bertz CT molecular complexity index is 772. The fraction of sp³-hybridized carbons (Fsp3) is 0.211. The molecule has 0 atom stereocenters. The maximum Gasteiger partial charge on any atom is 0.308 e. The maximum absolute atomic E-state index is 11.9. The minimum absolute atomic E-state index is 0.0325. The Morgan fingerprint density at radius 1 is 0.962 bits per heavy atom. The number of methoxy groups -OCH3 is 1. The number of carbonyl (C=O) groups is 3. The number of amides is 1. The quantitative estimate of drug-likeness (QED) is 0.566. The van der Waals surface area contributed by atoms with Crippen LogP contribution in [-0.2, 0) is 9.53 Å². The molecule has 136 valence electrons. The fourth-order valence-electron chi connectivity index (χ4n) is 2.06. The Morgan fingerprint density at radius 2 is 1.58 bits per heavy atom. The van der Waals surface area contributed by atoms with Crippen molar-refractivity contribution < 1.29 is 23.9 Å². The van der Waals surface area contributed by atoms with Gasteiger partial charge in [-0.2, -0.15) is 0 Å². The van der Waals surface area contributed by atoms with Gasteiger partial charge in [0.15, 0.2) is 12.4 Å². The van der Waals surface area contributed by atoms with Gasteiger partial charge >= 0.3 is 5.97 Å². The van der Waals surface area contributed by atoms with Crippen molar-refractivity contribution in [3.8, 4) is 5.75 Å². The van der Waals surface area contributed by atoms with Crippen LogP contribution >= 0.6 is 11.6 Å². The molecule has 0 unspecified atom stereocenters. The summed E-state index contributed by atoms with van der Waals surface area (Å²) in [6.45, 7) is -0.243. The number of hydrogen-bond donors (Lipinski definition) is 1. The lowest BCUT2D eigenvalue weighted by atomic mass is 10.1. The number of halogens is 1. The number of nitrogens with one attached hydrogen (secondary N) is 1. The van der Waals surface area contributed by atoms with E-state index in [1.54, 1.807) is 48.5 Å². The van der Waals surface area contributed by atoms with E-state index in [1.807, 2.05) is 0 Å². The lowest BCUT2D eigenvalue weighted by Gasteiger charge is -2.07. The first-order chi connectivity index (χ1) is 12.5. The van der Waals surface area contributed by atoms with Gasteiger partial charge < -0.3 is 14.8 Å². The first kappa shape index (κ1) is 19.5. The third-order valence-electron chi connectivity index (χ3n) is 3.50. The number of hydrogen-bond acceptors (Lipinski definition) is 5. The molecule has 6 nitrogen and oxygen atoms in total. The summed E-state index contributed by atoms with van der Waals surface area (Å²) >= 11 is 5.76. The molecule has 0 aliphatic heterocycles. The molecule has 2 aromatic rings. The third kappa shape index (κ3) is 5.89. The SMILES string of the molecule is COc1ccc(C(=O)COC(=O)CCNC(=O)c2ccc(Cl)cc2)cc1. The number of ether oxygens (including phenoxy) is 2. The van der Waals surface area contributed by atoms with E-state index >= 15 is 0 Å². The zero-order valence-electron chi connectivity index (χ0n) is 14.2. The van der Waals surface area contributed by atoms with E-state index in [0.29, 0.717) is 21.9 Å². The van der Waals surface area contributed by atoms with E-state index in [1.165, 1.54) is 7.11 Å². The van der Waals surface area contributed by atoms with Gasteiger partial charge in [0.25, 0.3) is 5.91 Å². The van der Waals surface area contributed by atoms with Crippen molar-refractivity contribution >= 4 is 29.3 Å². The number of benzene rings is 2. The standard InChI is InChI=1S/C19H18ClNO5/c1-25-16-8-4-13(5-9-16)17(22)12-26-18(23)10-11-21-19(24)14-2-6-15(20)7-3-14/h2-9H,10-12H2,1H3,(H,21,24). The van der Waals surface area contributed by atoms with Gasteiger partial charge in [-0.25, -0.2) is 0 Å². The number of Topliss-reactive ketones (excluding diaryl/α,β-unsaturated/α-hetero) is 1. The van der Waals surface area contributed by atoms with Crippen LogP contribution in [0.3, 0.4) is 0 Å². The average Bonchev–Trinajstić information content (AvgIpc) is 2.66. The van der Waals surface area contributed by atoms with Gasteiger partial charge in [0, 0.05) is 22.7 Å². The van der Waals surface area contributed by atoms with Crippen molar-refractivity contribution in [2.75, 3.05) is 20.3 Å². The Morgan fingerprint density at radius 3 is 2.19 bits per heavy atom. The van der Waals surface area contributed by atoms with Gasteiger partial charge in [-0.3, -0.25) is 14.4 Å². The van der Waals surface area contributed by atoms with Crippen LogP contribution in [0.4, 0.5) is 0 Å². The van der Waals surface area contributed by atoms with Crippen molar-refractivity contribution in [1.82, 2.24) is 5.32 Å². The van der Waals surface area contributed by atoms with Gasteiger partial charge in [-0.05, 0) is 48.5 Å². The third-order valence-corrected chi connectivity index (χ3v) is 3.75. The summed E-state index contributed by atoms with van der Waals surface area (Å²) < 4.78 is 9.94. The summed E-state index contributed by atoms with van der Waals surface area (Å²) in [7, 11) is 1.53. The molecular formula is C19H18ClNO5. The molecular weight excluding hydrogens is 358 g/mol. The Balaban J connectivity index is 1.70. The van der Waals surface area contributed by atoms with E-state index in [0.717, 1.165) is 0 Å². The highest BCUT2D eigenvalue weighted by molar-refractivity contribution is 6.30. The summed E-state index contributed by atoms with van der Waals surface area (Å²) in [6, 6.07) is 12.9. The van der Waals surface area contributed by atoms with Crippen molar-refractivity contribution in [3.05, 3.63) is 64.7 Å². The Kier molecular flexibility index (Phi) is 7.17. The predicted molar refractivity (Wildman–Crippen MR) is 96.7 cm³/mol. The summed E-state index contributed by atoms with van der Waals surface area (Å²) in [5.74, 6) is -0.562. The molecule has 0 fully saturated rings. The maximum atomic E-state index is 11.9. The van der Waals surface area contributed by atoms with E-state index in [2.05, 4.69) is 5.32 Å². The molecule has 1 amide bonds. The van der Waals surface area contributed by atoms with Crippen LogP contribution in [0.25, 0.3) is 0 Å². The molecule has 7 heteroatoms. The molecule has 26 heavy (non-hydrogen) atoms. The van der Waals surface area contributed by atoms with Crippen LogP contribution in [0.15, 0.2) is 48.5 Å². The summed E-state index contributed by atoms with van der Waals surface area (Å²) in [4.78, 5) is 35.5. The van der Waals surface area contributed by atoms with Crippen molar-refractivity contribution in [3.63, 3.8) is 0 Å². The zero-order chi connectivity index (χ0) is 18.9. The molecule has 2 aromatic carbocycles. The van der Waals surface area contributed by atoms with Crippen molar-refractivity contribution in [2.45, 2.75) is 6.42 Å². The van der Waals surface area contributed by atoms with Crippen LogP contribution in [0.1, 0.15) is 27.1 Å². The molecule has 0 saturated carbocycles. The molecule has 0 radical (unpaired) electrons. The van der Waals surface area contributed by atoms with Crippen molar-refractivity contribution in [2.24, 2.45) is 0 Å². The second-order valence-electron chi connectivity index (χ2n) is 5.33. The second-order valence-corrected chi connectivity index (χ2v) is 5.76. The van der Waals surface area contributed by atoms with Crippen LogP contribution in [0.5, 0.6) is 5.75 Å². The minimum Gasteiger partial charge on any atom is -0.497 e. The van der Waals surface area contributed by atoms with Gasteiger partial charge in [0.05, 0.1) is 13.5 Å². The van der Waals surface area contributed by atoms with Gasteiger partial charge in [-0.15, -0.1) is 0 Å². The van der Waals surface area contributed by atoms with Crippen molar-refractivity contribution in [1.29, 1.82) is 0 Å². The number of rotatable bonds is 8. The fourth-order valence-corrected chi connectivity index (χ4v) is 2.19.